The Kier molecular flexibility index (Phi) is 5.18. The molecule has 6 nitrogen and oxygen atoms in total. The number of fused-ring (bicyclic) bond motifs is 1. The molecule has 0 spiro atoms. The van der Waals surface area contributed by atoms with Crippen LogP contribution in [0, 0.1) is 11.8 Å². The highest BCUT2D eigenvalue weighted by Crippen LogP contribution is 2.31. The van der Waals surface area contributed by atoms with E-state index in [4.69, 9.17) is 10.5 Å². The summed E-state index contributed by atoms with van der Waals surface area (Å²) in [5, 5.41) is 9.66. The fourth-order valence-electron chi connectivity index (χ4n) is 1.73. The van der Waals surface area contributed by atoms with Crippen molar-refractivity contribution in [3.05, 3.63) is 17.8 Å². The molecule has 7 heteroatoms. The van der Waals surface area contributed by atoms with Gasteiger partial charge >= 0.3 is 0 Å². The number of likely N-dealkylation sites (N-methyl/N-ethyl adjacent to an activating group) is 1. The summed E-state index contributed by atoms with van der Waals surface area (Å²) in [4.78, 5) is 17.4. The lowest BCUT2D eigenvalue weighted by Crippen LogP contribution is -2.43. The molecule has 1 amide bonds. The van der Waals surface area contributed by atoms with E-state index in [0.29, 0.717) is 17.1 Å². The Morgan fingerprint density at radius 3 is 2.86 bits per heavy atom. The molecule has 114 valence electrons. The number of carbonyl (C=O) groups excluding carboxylic acids is 1. The van der Waals surface area contributed by atoms with Crippen LogP contribution in [0.25, 0.3) is 0 Å². The van der Waals surface area contributed by atoms with E-state index in [2.05, 4.69) is 16.8 Å². The van der Waals surface area contributed by atoms with Gasteiger partial charge in [0.15, 0.2) is 11.6 Å². The van der Waals surface area contributed by atoms with Crippen molar-refractivity contribution in [3.8, 4) is 17.6 Å². The molecule has 1 atom stereocenters. The van der Waals surface area contributed by atoms with Crippen LogP contribution in [0.15, 0.2) is 12.3 Å². The van der Waals surface area contributed by atoms with Crippen LogP contribution in [-0.2, 0) is 4.79 Å². The maximum absolute atomic E-state index is 11.9. The van der Waals surface area contributed by atoms with E-state index in [9.17, 15) is 9.90 Å². The molecule has 0 aliphatic carbocycles. The summed E-state index contributed by atoms with van der Waals surface area (Å²) in [5.74, 6) is 6.09. The zero-order valence-electron chi connectivity index (χ0n) is 12.1. The van der Waals surface area contributed by atoms with Gasteiger partial charge in [0.1, 0.15) is 18.2 Å². The van der Waals surface area contributed by atoms with Crippen molar-refractivity contribution in [2.45, 2.75) is 25.5 Å². The van der Waals surface area contributed by atoms with Crippen molar-refractivity contribution >= 4 is 24.1 Å². The SMILES string of the molecule is CN1C(=O)[C@@H](N)COc2c(C#CC(C)(C)O)ccnc21.Cl. The van der Waals surface area contributed by atoms with E-state index < -0.39 is 11.6 Å². The highest BCUT2D eigenvalue weighted by Gasteiger charge is 2.28. The van der Waals surface area contributed by atoms with E-state index in [-0.39, 0.29) is 24.9 Å². The van der Waals surface area contributed by atoms with E-state index in [1.165, 1.54) is 11.1 Å². The molecule has 0 saturated carbocycles. The van der Waals surface area contributed by atoms with Gasteiger partial charge in [-0.3, -0.25) is 9.69 Å². The molecule has 0 aromatic carbocycles. The third kappa shape index (κ3) is 3.85. The Balaban J connectivity index is 0.00000220. The van der Waals surface area contributed by atoms with Gasteiger partial charge in [0.2, 0.25) is 5.91 Å². The second-order valence-corrected chi connectivity index (χ2v) is 5.14. The van der Waals surface area contributed by atoms with Gasteiger partial charge in [-0.25, -0.2) is 4.98 Å². The number of ether oxygens (including phenoxy) is 1. The number of amides is 1. The number of halogens is 1. The Bertz CT molecular complexity index is 602. The molecule has 2 heterocycles. The summed E-state index contributed by atoms with van der Waals surface area (Å²) < 4.78 is 5.56. The molecule has 1 aliphatic heterocycles. The van der Waals surface area contributed by atoms with Crippen LogP contribution in [0.1, 0.15) is 19.4 Å². The highest BCUT2D eigenvalue weighted by molar-refractivity contribution is 5.98. The lowest BCUT2D eigenvalue weighted by atomic mass is 10.1. The molecule has 3 N–H and O–H groups in total. The Labute approximate surface area is 129 Å². The van der Waals surface area contributed by atoms with E-state index in [0.717, 1.165) is 0 Å². The standard InChI is InChI=1S/C14H17N3O3.ClH/c1-14(2,19)6-4-9-5-7-16-12-11(9)20-8-10(15)13(18)17(12)3;/h5,7,10,19H,8,15H2,1-3H3;1H/t10-;/m0./s1. The summed E-state index contributed by atoms with van der Waals surface area (Å²) in [6.45, 7) is 3.25. The molecular formula is C14H18ClN3O3. The number of hydrogen-bond donors (Lipinski definition) is 2. The molecule has 1 aromatic heterocycles. The van der Waals surface area contributed by atoms with Gasteiger partial charge in [-0.15, -0.1) is 12.4 Å². The molecule has 0 radical (unpaired) electrons. The quantitative estimate of drug-likeness (QED) is 0.673. The number of rotatable bonds is 0. The van der Waals surface area contributed by atoms with Gasteiger partial charge in [-0.1, -0.05) is 11.8 Å². The Hall–Kier alpha value is -1.81. The van der Waals surface area contributed by atoms with Gasteiger partial charge < -0.3 is 15.6 Å². The van der Waals surface area contributed by atoms with Crippen molar-refractivity contribution in [1.29, 1.82) is 0 Å². The fraction of sp³-hybridized carbons (Fsp3) is 0.429. The number of nitrogens with zero attached hydrogens (tertiary/aromatic N) is 2. The lowest BCUT2D eigenvalue weighted by molar-refractivity contribution is -0.119. The van der Waals surface area contributed by atoms with Crippen molar-refractivity contribution in [2.75, 3.05) is 18.6 Å². The number of nitrogens with two attached hydrogens (primary N) is 1. The van der Waals surface area contributed by atoms with Gasteiger partial charge in [-0.2, -0.15) is 0 Å². The van der Waals surface area contributed by atoms with Gasteiger partial charge in [0.05, 0.1) is 5.56 Å². The average molecular weight is 312 g/mol. The summed E-state index contributed by atoms with van der Waals surface area (Å²) in [6, 6.07) is 0.941. The average Bonchev–Trinajstić information content (AvgIpc) is 2.49. The summed E-state index contributed by atoms with van der Waals surface area (Å²) in [6.07, 6.45) is 1.54. The number of pyridine rings is 1. The molecule has 0 saturated heterocycles. The molecule has 1 aromatic rings. The van der Waals surface area contributed by atoms with Crippen LogP contribution < -0.4 is 15.4 Å². The Morgan fingerprint density at radius 2 is 2.24 bits per heavy atom. The predicted octanol–water partition coefficient (Wildman–Crippen LogP) is 0.308. The fourth-order valence-corrected chi connectivity index (χ4v) is 1.73. The van der Waals surface area contributed by atoms with E-state index >= 15 is 0 Å². The maximum atomic E-state index is 11.9. The van der Waals surface area contributed by atoms with Crippen molar-refractivity contribution in [2.24, 2.45) is 5.73 Å². The summed E-state index contributed by atoms with van der Waals surface area (Å²) in [7, 11) is 1.59. The number of aliphatic hydroxyl groups is 1. The van der Waals surface area contributed by atoms with Crippen LogP contribution in [0.4, 0.5) is 5.82 Å². The number of anilines is 1. The second-order valence-electron chi connectivity index (χ2n) is 5.14. The van der Waals surface area contributed by atoms with E-state index in [1.54, 1.807) is 27.0 Å². The topological polar surface area (TPSA) is 88.7 Å². The van der Waals surface area contributed by atoms with Crippen molar-refractivity contribution < 1.29 is 14.6 Å². The largest absolute Gasteiger partial charge is 0.486 e. The van der Waals surface area contributed by atoms with Crippen LogP contribution in [-0.4, -0.2) is 41.3 Å². The first-order valence-electron chi connectivity index (χ1n) is 6.20. The molecule has 21 heavy (non-hydrogen) atoms. The molecule has 0 bridgehead atoms. The minimum atomic E-state index is -1.11. The lowest BCUT2D eigenvalue weighted by Gasteiger charge is -2.16. The number of hydrogen-bond acceptors (Lipinski definition) is 5. The first-order chi connectivity index (χ1) is 9.29. The number of carbonyl (C=O) groups is 1. The zero-order chi connectivity index (χ0) is 14.9. The molecule has 2 rings (SSSR count). The smallest absolute Gasteiger partial charge is 0.248 e. The summed E-state index contributed by atoms with van der Waals surface area (Å²) in [5.41, 5.74) is 5.17. The van der Waals surface area contributed by atoms with E-state index in [1.807, 2.05) is 0 Å². The zero-order valence-corrected chi connectivity index (χ0v) is 12.9. The molecule has 0 fully saturated rings. The highest BCUT2D eigenvalue weighted by atomic mass is 35.5. The minimum absolute atomic E-state index is 0. The third-order valence-electron chi connectivity index (χ3n) is 2.76. The molecule has 0 unspecified atom stereocenters. The number of aromatic nitrogens is 1. The Morgan fingerprint density at radius 1 is 1.57 bits per heavy atom. The van der Waals surface area contributed by atoms with Crippen LogP contribution in [0.2, 0.25) is 0 Å². The van der Waals surface area contributed by atoms with Crippen LogP contribution in [0.5, 0.6) is 5.75 Å². The van der Waals surface area contributed by atoms with Crippen molar-refractivity contribution in [1.82, 2.24) is 4.98 Å². The van der Waals surface area contributed by atoms with Crippen molar-refractivity contribution in [3.63, 3.8) is 0 Å². The summed E-state index contributed by atoms with van der Waals surface area (Å²) >= 11 is 0. The first kappa shape index (κ1) is 17.2. The first-order valence-corrected chi connectivity index (χ1v) is 6.20. The normalized spacial score (nSPS) is 17.7. The van der Waals surface area contributed by atoms with Crippen LogP contribution in [0.3, 0.4) is 0 Å². The van der Waals surface area contributed by atoms with Gasteiger partial charge in [-0.05, 0) is 19.9 Å². The maximum Gasteiger partial charge on any atom is 0.248 e. The predicted molar refractivity (Wildman–Crippen MR) is 81.5 cm³/mol. The minimum Gasteiger partial charge on any atom is -0.486 e. The third-order valence-corrected chi connectivity index (χ3v) is 2.76. The van der Waals surface area contributed by atoms with Crippen LogP contribution >= 0.6 is 12.4 Å². The van der Waals surface area contributed by atoms with Gasteiger partial charge in [0.25, 0.3) is 0 Å². The molecule has 1 aliphatic rings. The van der Waals surface area contributed by atoms with Gasteiger partial charge in [0, 0.05) is 13.2 Å². The second kappa shape index (κ2) is 6.31. The monoisotopic (exact) mass is 311 g/mol. The molecular weight excluding hydrogens is 294 g/mol.